The van der Waals surface area contributed by atoms with E-state index >= 15 is 0 Å². The predicted octanol–water partition coefficient (Wildman–Crippen LogP) is 3.56. The molecule has 1 rings (SSSR count). The first-order valence-electron chi connectivity index (χ1n) is 4.29. The molecule has 0 aliphatic carbocycles. The monoisotopic (exact) mass is 195 g/mol. The Balaban J connectivity index is 2.86. The highest BCUT2D eigenvalue weighted by atomic mass is 35.5. The van der Waals surface area contributed by atoms with Crippen LogP contribution in [0.25, 0.3) is 0 Å². The molecule has 70 valence electrons. The van der Waals surface area contributed by atoms with E-state index in [1.54, 1.807) is 0 Å². The van der Waals surface area contributed by atoms with Gasteiger partial charge in [-0.25, -0.2) is 0 Å². The Kier molecular flexibility index (Phi) is 3.10. The maximum absolute atomic E-state index is 5.96. The molecule has 0 saturated carbocycles. The molecule has 2 heteroatoms. The predicted molar refractivity (Wildman–Crippen MR) is 58.8 cm³/mol. The van der Waals surface area contributed by atoms with Gasteiger partial charge in [0, 0.05) is 16.8 Å². The molecule has 0 aliphatic rings. The van der Waals surface area contributed by atoms with Crippen LogP contribution < -0.4 is 0 Å². The van der Waals surface area contributed by atoms with Crippen molar-refractivity contribution in [3.05, 3.63) is 34.9 Å². The maximum atomic E-state index is 5.96. The van der Waals surface area contributed by atoms with Gasteiger partial charge in [-0.2, -0.15) is 0 Å². The molecule has 0 spiro atoms. The molecule has 0 heterocycles. The largest absolute Gasteiger partial charge is 0.287 e. The molecule has 1 aromatic rings. The summed E-state index contributed by atoms with van der Waals surface area (Å²) in [5, 5.41) is 0.746. The SMILES string of the molecule is CC(C)(C)N=Cc1ccccc1Cl. The van der Waals surface area contributed by atoms with Crippen LogP contribution in [-0.4, -0.2) is 11.8 Å². The first-order chi connectivity index (χ1) is 5.99. The lowest BCUT2D eigenvalue weighted by molar-refractivity contribution is 0.586. The molecule has 0 amide bonds. The van der Waals surface area contributed by atoms with Gasteiger partial charge in [-0.3, -0.25) is 4.99 Å². The van der Waals surface area contributed by atoms with E-state index in [-0.39, 0.29) is 5.54 Å². The number of aliphatic imine (C=N–C) groups is 1. The van der Waals surface area contributed by atoms with Gasteiger partial charge in [-0.1, -0.05) is 29.8 Å². The van der Waals surface area contributed by atoms with Crippen molar-refractivity contribution in [2.45, 2.75) is 26.3 Å². The molecule has 1 nitrogen and oxygen atoms in total. The van der Waals surface area contributed by atoms with Gasteiger partial charge in [-0.05, 0) is 26.8 Å². The van der Waals surface area contributed by atoms with E-state index in [9.17, 15) is 0 Å². The van der Waals surface area contributed by atoms with Gasteiger partial charge in [0.05, 0.1) is 5.54 Å². The minimum absolute atomic E-state index is 0.0425. The zero-order chi connectivity index (χ0) is 9.90. The number of halogens is 1. The highest BCUT2D eigenvalue weighted by Crippen LogP contribution is 2.14. The second-order valence-electron chi connectivity index (χ2n) is 3.95. The van der Waals surface area contributed by atoms with Gasteiger partial charge in [0.15, 0.2) is 0 Å². The normalized spacial score (nSPS) is 12.3. The van der Waals surface area contributed by atoms with Gasteiger partial charge >= 0.3 is 0 Å². The highest BCUT2D eigenvalue weighted by Gasteiger charge is 2.05. The highest BCUT2D eigenvalue weighted by molar-refractivity contribution is 6.33. The molecule has 0 bridgehead atoms. The van der Waals surface area contributed by atoms with E-state index in [4.69, 9.17) is 11.6 Å². The molecule has 13 heavy (non-hydrogen) atoms. The van der Waals surface area contributed by atoms with Crippen LogP contribution in [0.3, 0.4) is 0 Å². The minimum atomic E-state index is -0.0425. The standard InChI is InChI=1S/C11H14ClN/c1-11(2,3)13-8-9-6-4-5-7-10(9)12/h4-8H,1-3H3. The van der Waals surface area contributed by atoms with Crippen molar-refractivity contribution < 1.29 is 0 Å². The zero-order valence-electron chi connectivity index (χ0n) is 8.21. The van der Waals surface area contributed by atoms with Crippen LogP contribution in [0.1, 0.15) is 26.3 Å². The van der Waals surface area contributed by atoms with Crippen molar-refractivity contribution in [1.29, 1.82) is 0 Å². The summed E-state index contributed by atoms with van der Waals surface area (Å²) in [5.41, 5.74) is 0.929. The Morgan fingerprint density at radius 3 is 2.38 bits per heavy atom. The van der Waals surface area contributed by atoms with Gasteiger partial charge in [-0.15, -0.1) is 0 Å². The average molecular weight is 196 g/mol. The lowest BCUT2D eigenvalue weighted by Gasteiger charge is -2.10. The van der Waals surface area contributed by atoms with E-state index in [2.05, 4.69) is 25.8 Å². The molecule has 0 saturated heterocycles. The van der Waals surface area contributed by atoms with Crippen LogP contribution in [0.4, 0.5) is 0 Å². The van der Waals surface area contributed by atoms with Crippen molar-refractivity contribution in [2.24, 2.45) is 4.99 Å². The molecule has 0 aromatic heterocycles. The van der Waals surface area contributed by atoms with Crippen LogP contribution in [0.15, 0.2) is 29.3 Å². The fourth-order valence-electron chi connectivity index (χ4n) is 0.843. The quantitative estimate of drug-likeness (QED) is 0.608. The Bertz CT molecular complexity index is 310. The topological polar surface area (TPSA) is 12.4 Å². The van der Waals surface area contributed by atoms with E-state index < -0.39 is 0 Å². The van der Waals surface area contributed by atoms with Gasteiger partial charge in [0.25, 0.3) is 0 Å². The number of hydrogen-bond donors (Lipinski definition) is 0. The Hall–Kier alpha value is -0.820. The molecule has 0 fully saturated rings. The summed E-state index contributed by atoms with van der Waals surface area (Å²) in [4.78, 5) is 4.38. The zero-order valence-corrected chi connectivity index (χ0v) is 8.97. The molecule has 0 unspecified atom stereocenters. The Morgan fingerprint density at radius 2 is 1.85 bits per heavy atom. The Morgan fingerprint density at radius 1 is 1.23 bits per heavy atom. The number of rotatable bonds is 1. The van der Waals surface area contributed by atoms with E-state index in [1.807, 2.05) is 30.5 Å². The van der Waals surface area contributed by atoms with Crippen LogP contribution in [0.2, 0.25) is 5.02 Å². The lowest BCUT2D eigenvalue weighted by Crippen LogP contribution is -2.09. The smallest absolute Gasteiger partial charge is 0.0524 e. The fourth-order valence-corrected chi connectivity index (χ4v) is 1.03. The van der Waals surface area contributed by atoms with Gasteiger partial charge in [0.2, 0.25) is 0 Å². The van der Waals surface area contributed by atoms with Crippen molar-refractivity contribution in [3.8, 4) is 0 Å². The molecule has 0 radical (unpaired) electrons. The summed E-state index contributed by atoms with van der Waals surface area (Å²) < 4.78 is 0. The van der Waals surface area contributed by atoms with Crippen molar-refractivity contribution in [3.63, 3.8) is 0 Å². The molecular formula is C11H14ClN. The fraction of sp³-hybridized carbons (Fsp3) is 0.364. The minimum Gasteiger partial charge on any atom is -0.287 e. The second kappa shape index (κ2) is 3.93. The lowest BCUT2D eigenvalue weighted by atomic mass is 10.1. The summed E-state index contributed by atoms with van der Waals surface area (Å²) in [6, 6.07) is 7.69. The third kappa shape index (κ3) is 3.60. The number of benzene rings is 1. The van der Waals surface area contributed by atoms with E-state index in [1.165, 1.54) is 0 Å². The molecular weight excluding hydrogens is 182 g/mol. The van der Waals surface area contributed by atoms with E-state index in [0.717, 1.165) is 10.6 Å². The van der Waals surface area contributed by atoms with Crippen molar-refractivity contribution in [2.75, 3.05) is 0 Å². The molecule has 1 aromatic carbocycles. The van der Waals surface area contributed by atoms with E-state index in [0.29, 0.717) is 0 Å². The summed E-state index contributed by atoms with van der Waals surface area (Å²) in [5.74, 6) is 0. The summed E-state index contributed by atoms with van der Waals surface area (Å²) in [7, 11) is 0. The summed E-state index contributed by atoms with van der Waals surface area (Å²) >= 11 is 5.96. The molecule has 0 N–H and O–H groups in total. The average Bonchev–Trinajstić information content (AvgIpc) is 2.01. The summed E-state index contributed by atoms with van der Waals surface area (Å²) in [6.45, 7) is 6.17. The van der Waals surface area contributed by atoms with Gasteiger partial charge in [0.1, 0.15) is 0 Å². The molecule has 0 atom stereocenters. The van der Waals surface area contributed by atoms with Crippen molar-refractivity contribution >= 4 is 17.8 Å². The van der Waals surface area contributed by atoms with Crippen LogP contribution in [-0.2, 0) is 0 Å². The molecule has 0 aliphatic heterocycles. The Labute approximate surface area is 84.5 Å². The van der Waals surface area contributed by atoms with Crippen LogP contribution >= 0.6 is 11.6 Å². The second-order valence-corrected chi connectivity index (χ2v) is 4.36. The third-order valence-electron chi connectivity index (χ3n) is 1.50. The summed E-state index contributed by atoms with van der Waals surface area (Å²) in [6.07, 6.45) is 1.82. The number of nitrogens with zero attached hydrogens (tertiary/aromatic N) is 1. The number of hydrogen-bond acceptors (Lipinski definition) is 1. The third-order valence-corrected chi connectivity index (χ3v) is 1.84. The first-order valence-corrected chi connectivity index (χ1v) is 4.66. The van der Waals surface area contributed by atoms with Crippen LogP contribution in [0, 0.1) is 0 Å². The van der Waals surface area contributed by atoms with Crippen molar-refractivity contribution in [1.82, 2.24) is 0 Å². The first kappa shape index (κ1) is 10.3. The maximum Gasteiger partial charge on any atom is 0.0524 e. The van der Waals surface area contributed by atoms with Crippen LogP contribution in [0.5, 0.6) is 0 Å². The van der Waals surface area contributed by atoms with Gasteiger partial charge < -0.3 is 0 Å².